The molecule has 0 atom stereocenters. The van der Waals surface area contributed by atoms with Crippen LogP contribution in [0.25, 0.3) is 6.08 Å². The molecule has 15 heavy (non-hydrogen) atoms. The molecule has 0 amide bonds. The van der Waals surface area contributed by atoms with Gasteiger partial charge in [0.25, 0.3) is 0 Å². The average molecular weight is 267 g/mol. The monoisotopic (exact) mass is 266 g/mol. The van der Waals surface area contributed by atoms with Gasteiger partial charge < -0.3 is 0 Å². The van der Waals surface area contributed by atoms with Crippen molar-refractivity contribution in [3.05, 3.63) is 42.0 Å². The summed E-state index contributed by atoms with van der Waals surface area (Å²) in [6.07, 6.45) is 11.0. The topological polar surface area (TPSA) is 0 Å². The molecule has 0 radical (unpaired) electrons. The lowest BCUT2D eigenvalue weighted by atomic mass is 10.1. The minimum Gasteiger partial charge on any atom is -0.0928 e. The van der Waals surface area contributed by atoms with Crippen molar-refractivity contribution in [1.82, 2.24) is 0 Å². The summed E-state index contributed by atoms with van der Waals surface area (Å²) in [6, 6.07) is 10.5. The highest BCUT2D eigenvalue weighted by molar-refractivity contribution is 9.09. The first-order chi connectivity index (χ1) is 7.43. The van der Waals surface area contributed by atoms with Gasteiger partial charge >= 0.3 is 0 Å². The summed E-state index contributed by atoms with van der Waals surface area (Å²) in [5.41, 5.74) is 1.30. The predicted molar refractivity (Wildman–Crippen MR) is 72.4 cm³/mol. The zero-order valence-corrected chi connectivity index (χ0v) is 10.7. The van der Waals surface area contributed by atoms with E-state index in [1.54, 1.807) is 0 Å². The zero-order valence-electron chi connectivity index (χ0n) is 9.16. The van der Waals surface area contributed by atoms with Gasteiger partial charge in [-0.05, 0) is 24.8 Å². The smallest absolute Gasteiger partial charge is 0.00313 e. The molecular formula is C14H19Br. The highest BCUT2D eigenvalue weighted by Crippen LogP contribution is 2.07. The Kier molecular flexibility index (Phi) is 7.28. The van der Waals surface area contributed by atoms with E-state index >= 15 is 0 Å². The molecule has 82 valence electrons. The van der Waals surface area contributed by atoms with Crippen LogP contribution in [0.3, 0.4) is 0 Å². The number of hydrogen-bond donors (Lipinski definition) is 0. The summed E-state index contributed by atoms with van der Waals surface area (Å²) in [6.45, 7) is 0. The molecule has 1 heteroatoms. The van der Waals surface area contributed by atoms with Crippen molar-refractivity contribution in [2.45, 2.75) is 32.1 Å². The molecule has 0 fully saturated rings. The Morgan fingerprint density at radius 3 is 2.40 bits per heavy atom. The van der Waals surface area contributed by atoms with E-state index in [0.717, 1.165) is 5.33 Å². The highest BCUT2D eigenvalue weighted by atomic mass is 79.9. The van der Waals surface area contributed by atoms with Gasteiger partial charge in [0.2, 0.25) is 0 Å². The van der Waals surface area contributed by atoms with Gasteiger partial charge in [-0.2, -0.15) is 0 Å². The lowest BCUT2D eigenvalue weighted by Gasteiger charge is -1.96. The van der Waals surface area contributed by atoms with Crippen LogP contribution in [-0.2, 0) is 0 Å². The second-order valence-corrected chi connectivity index (χ2v) is 4.50. The highest BCUT2D eigenvalue weighted by Gasteiger charge is 1.87. The number of unbranched alkanes of at least 4 members (excludes halogenated alkanes) is 4. The molecule has 0 saturated heterocycles. The number of allylic oxidation sites excluding steroid dienone is 1. The SMILES string of the molecule is BrCCCCCCC=Cc1ccccc1. The van der Waals surface area contributed by atoms with Gasteiger partial charge in [0.15, 0.2) is 0 Å². The molecule has 1 rings (SSSR count). The molecule has 0 unspecified atom stereocenters. The van der Waals surface area contributed by atoms with Crippen molar-refractivity contribution in [3.63, 3.8) is 0 Å². The van der Waals surface area contributed by atoms with Crippen molar-refractivity contribution in [2.24, 2.45) is 0 Å². The van der Waals surface area contributed by atoms with Gasteiger partial charge in [0.1, 0.15) is 0 Å². The van der Waals surface area contributed by atoms with Crippen molar-refractivity contribution in [1.29, 1.82) is 0 Å². The molecule has 0 spiro atoms. The lowest BCUT2D eigenvalue weighted by molar-refractivity contribution is 0.680. The van der Waals surface area contributed by atoms with E-state index in [1.807, 2.05) is 0 Å². The second kappa shape index (κ2) is 8.72. The molecule has 1 aromatic carbocycles. The van der Waals surface area contributed by atoms with E-state index in [9.17, 15) is 0 Å². The third kappa shape index (κ3) is 6.51. The van der Waals surface area contributed by atoms with Crippen LogP contribution in [0.4, 0.5) is 0 Å². The van der Waals surface area contributed by atoms with Crippen LogP contribution in [-0.4, -0.2) is 5.33 Å². The lowest BCUT2D eigenvalue weighted by Crippen LogP contribution is -1.77. The third-order valence-electron chi connectivity index (χ3n) is 2.36. The molecular weight excluding hydrogens is 248 g/mol. The van der Waals surface area contributed by atoms with Crippen LogP contribution in [0.1, 0.15) is 37.7 Å². The fourth-order valence-electron chi connectivity index (χ4n) is 1.49. The third-order valence-corrected chi connectivity index (χ3v) is 2.93. The van der Waals surface area contributed by atoms with E-state index in [1.165, 1.54) is 37.7 Å². The van der Waals surface area contributed by atoms with E-state index < -0.39 is 0 Å². The first-order valence-corrected chi connectivity index (χ1v) is 6.83. The summed E-state index contributed by atoms with van der Waals surface area (Å²) in [5.74, 6) is 0. The van der Waals surface area contributed by atoms with Gasteiger partial charge in [-0.3, -0.25) is 0 Å². The van der Waals surface area contributed by atoms with Gasteiger partial charge in [0.05, 0.1) is 0 Å². The molecule has 0 aliphatic carbocycles. The quantitative estimate of drug-likeness (QED) is 0.479. The van der Waals surface area contributed by atoms with Crippen LogP contribution in [0.15, 0.2) is 36.4 Å². The standard InChI is InChI=1S/C14H19Br/c15-13-9-4-2-1-3-6-10-14-11-7-5-8-12-14/h5-8,10-12H,1-4,9,13H2. The first kappa shape index (κ1) is 12.5. The largest absolute Gasteiger partial charge is 0.0928 e. The Morgan fingerprint density at radius 2 is 1.67 bits per heavy atom. The summed E-state index contributed by atoms with van der Waals surface area (Å²) in [5, 5.41) is 1.15. The zero-order chi connectivity index (χ0) is 10.8. The second-order valence-electron chi connectivity index (χ2n) is 3.70. The summed E-state index contributed by atoms with van der Waals surface area (Å²) < 4.78 is 0. The van der Waals surface area contributed by atoms with Crippen LogP contribution in [0, 0.1) is 0 Å². The van der Waals surface area contributed by atoms with Crippen LogP contribution in [0.5, 0.6) is 0 Å². The van der Waals surface area contributed by atoms with Crippen molar-refractivity contribution in [2.75, 3.05) is 5.33 Å². The number of rotatable bonds is 7. The van der Waals surface area contributed by atoms with Crippen LogP contribution >= 0.6 is 15.9 Å². The van der Waals surface area contributed by atoms with Gasteiger partial charge in [0, 0.05) is 5.33 Å². The van der Waals surface area contributed by atoms with E-state index in [2.05, 4.69) is 58.4 Å². The summed E-state index contributed by atoms with van der Waals surface area (Å²) >= 11 is 3.45. The number of hydrogen-bond acceptors (Lipinski definition) is 0. The first-order valence-electron chi connectivity index (χ1n) is 5.71. The van der Waals surface area contributed by atoms with Gasteiger partial charge in [-0.1, -0.05) is 71.3 Å². The predicted octanol–water partition coefficient (Wildman–Crippen LogP) is 5.05. The average Bonchev–Trinajstić information content (AvgIpc) is 2.29. The maximum atomic E-state index is 3.45. The van der Waals surface area contributed by atoms with E-state index in [0.29, 0.717) is 0 Å². The molecule has 1 aromatic rings. The molecule has 0 nitrogen and oxygen atoms in total. The summed E-state index contributed by atoms with van der Waals surface area (Å²) in [4.78, 5) is 0. The molecule has 0 N–H and O–H groups in total. The molecule has 0 aromatic heterocycles. The minimum absolute atomic E-state index is 1.15. The summed E-state index contributed by atoms with van der Waals surface area (Å²) in [7, 11) is 0. The van der Waals surface area contributed by atoms with E-state index in [-0.39, 0.29) is 0 Å². The number of benzene rings is 1. The molecule has 0 heterocycles. The Morgan fingerprint density at radius 1 is 0.933 bits per heavy atom. The number of halogens is 1. The Hall–Kier alpha value is -0.560. The van der Waals surface area contributed by atoms with Gasteiger partial charge in [-0.15, -0.1) is 0 Å². The van der Waals surface area contributed by atoms with Crippen molar-refractivity contribution < 1.29 is 0 Å². The van der Waals surface area contributed by atoms with Crippen molar-refractivity contribution in [3.8, 4) is 0 Å². The van der Waals surface area contributed by atoms with Crippen molar-refractivity contribution >= 4 is 22.0 Å². The Bertz CT molecular complexity index is 264. The molecule has 0 saturated carbocycles. The normalized spacial score (nSPS) is 11.0. The van der Waals surface area contributed by atoms with Gasteiger partial charge in [-0.25, -0.2) is 0 Å². The maximum Gasteiger partial charge on any atom is 0.00313 e. The molecule has 0 aliphatic heterocycles. The minimum atomic E-state index is 1.15. The number of alkyl halides is 1. The fraction of sp³-hybridized carbons (Fsp3) is 0.429. The van der Waals surface area contributed by atoms with Crippen LogP contribution in [0.2, 0.25) is 0 Å². The van der Waals surface area contributed by atoms with E-state index in [4.69, 9.17) is 0 Å². The Labute approximate surface area is 102 Å². The molecule has 0 aliphatic rings. The fourth-order valence-corrected chi connectivity index (χ4v) is 1.89. The Balaban J connectivity index is 2.07. The molecule has 0 bridgehead atoms. The maximum absolute atomic E-state index is 3.45. The van der Waals surface area contributed by atoms with Crippen LogP contribution < -0.4 is 0 Å².